The van der Waals surface area contributed by atoms with Crippen LogP contribution in [-0.4, -0.2) is 17.9 Å². The molecular weight excluding hydrogens is 246 g/mol. The van der Waals surface area contributed by atoms with E-state index in [9.17, 15) is 0 Å². The summed E-state index contributed by atoms with van der Waals surface area (Å²) in [6, 6.07) is 7.94. The molecule has 0 aliphatic rings. The van der Waals surface area contributed by atoms with E-state index in [2.05, 4.69) is 29.7 Å². The first-order valence-electron chi connectivity index (χ1n) is 5.98. The number of hydrogen-bond donors (Lipinski definition) is 2. The van der Waals surface area contributed by atoms with Gasteiger partial charge in [-0.05, 0) is 24.2 Å². The molecule has 1 aromatic carbocycles. The zero-order valence-electron chi connectivity index (χ0n) is 10.6. The number of hydrogen-bond acceptors (Lipinski definition) is 3. The average molecular weight is 265 g/mol. The Morgan fingerprint density at radius 2 is 2.28 bits per heavy atom. The van der Waals surface area contributed by atoms with Crippen molar-refractivity contribution < 1.29 is 4.74 Å². The molecule has 1 aromatic rings. The fourth-order valence-electron chi connectivity index (χ4n) is 1.39. The highest BCUT2D eigenvalue weighted by Crippen LogP contribution is 2.08. The number of hydrazone groups is 1. The lowest BCUT2D eigenvalue weighted by atomic mass is 10.1. The minimum absolute atomic E-state index is 0.155. The van der Waals surface area contributed by atoms with E-state index in [-0.39, 0.29) is 5.11 Å². The SMILES string of the molecule is CCCCOCc1ccccc1C=NNC(N)=S. The first-order chi connectivity index (χ1) is 8.74. The van der Waals surface area contributed by atoms with Gasteiger partial charge in [-0.3, -0.25) is 5.43 Å². The lowest BCUT2D eigenvalue weighted by Crippen LogP contribution is -2.24. The number of rotatable bonds is 7. The number of nitrogens with two attached hydrogens (primary N) is 1. The summed E-state index contributed by atoms with van der Waals surface area (Å²) in [7, 11) is 0. The highest BCUT2D eigenvalue weighted by atomic mass is 32.1. The standard InChI is InChI=1S/C13H19N3OS/c1-2-3-8-17-10-12-7-5-4-6-11(12)9-15-16-13(14)18/h4-7,9H,2-3,8,10H2,1H3,(H3,14,16,18). The van der Waals surface area contributed by atoms with Crippen LogP contribution in [0.2, 0.25) is 0 Å². The molecule has 0 saturated heterocycles. The highest BCUT2D eigenvalue weighted by molar-refractivity contribution is 7.80. The third-order valence-electron chi connectivity index (χ3n) is 2.33. The molecule has 0 aromatic heterocycles. The predicted octanol–water partition coefficient (Wildman–Crippen LogP) is 2.17. The lowest BCUT2D eigenvalue weighted by Gasteiger charge is -2.06. The average Bonchev–Trinajstić information content (AvgIpc) is 2.36. The number of thiocarbonyl (C=S) groups is 1. The first-order valence-corrected chi connectivity index (χ1v) is 6.39. The Kier molecular flexibility index (Phi) is 6.98. The van der Waals surface area contributed by atoms with E-state index in [4.69, 9.17) is 10.5 Å². The Balaban J connectivity index is 2.56. The van der Waals surface area contributed by atoms with E-state index in [1.165, 1.54) is 0 Å². The maximum absolute atomic E-state index is 5.60. The quantitative estimate of drug-likeness (QED) is 0.343. The van der Waals surface area contributed by atoms with E-state index >= 15 is 0 Å². The Morgan fingerprint density at radius 3 is 3.00 bits per heavy atom. The summed E-state index contributed by atoms with van der Waals surface area (Å²) in [5, 5.41) is 4.10. The molecule has 0 atom stereocenters. The first kappa shape index (κ1) is 14.6. The van der Waals surface area contributed by atoms with Gasteiger partial charge in [0, 0.05) is 12.2 Å². The maximum atomic E-state index is 5.60. The Hall–Kier alpha value is -1.46. The second kappa shape index (κ2) is 8.60. The third-order valence-corrected chi connectivity index (χ3v) is 2.42. The van der Waals surface area contributed by atoms with E-state index in [0.29, 0.717) is 6.61 Å². The van der Waals surface area contributed by atoms with Gasteiger partial charge in [-0.15, -0.1) is 0 Å². The molecule has 3 N–H and O–H groups in total. The second-order valence-corrected chi connectivity index (χ2v) is 4.28. The largest absolute Gasteiger partial charge is 0.377 e. The van der Waals surface area contributed by atoms with Crippen LogP contribution < -0.4 is 11.2 Å². The van der Waals surface area contributed by atoms with Crippen molar-refractivity contribution in [3.8, 4) is 0 Å². The number of benzene rings is 1. The third kappa shape index (κ3) is 5.75. The summed E-state index contributed by atoms with van der Waals surface area (Å²) in [6.45, 7) is 3.52. The number of ether oxygens (including phenoxy) is 1. The van der Waals surface area contributed by atoms with Crippen LogP contribution in [0.5, 0.6) is 0 Å². The minimum Gasteiger partial charge on any atom is -0.377 e. The number of nitrogens with zero attached hydrogens (tertiary/aromatic N) is 1. The molecule has 0 saturated carbocycles. The topological polar surface area (TPSA) is 59.6 Å². The van der Waals surface area contributed by atoms with E-state index in [1.807, 2.05) is 24.3 Å². The van der Waals surface area contributed by atoms with Crippen molar-refractivity contribution in [1.82, 2.24) is 5.43 Å². The summed E-state index contributed by atoms with van der Waals surface area (Å²) >= 11 is 4.67. The van der Waals surface area contributed by atoms with Gasteiger partial charge < -0.3 is 10.5 Å². The van der Waals surface area contributed by atoms with Crippen molar-refractivity contribution in [2.24, 2.45) is 10.8 Å². The molecule has 0 aliphatic heterocycles. The molecule has 0 unspecified atom stereocenters. The van der Waals surface area contributed by atoms with Gasteiger partial charge in [-0.25, -0.2) is 0 Å². The van der Waals surface area contributed by atoms with Gasteiger partial charge in [0.05, 0.1) is 12.8 Å². The Morgan fingerprint density at radius 1 is 1.50 bits per heavy atom. The van der Waals surface area contributed by atoms with Crippen molar-refractivity contribution in [2.45, 2.75) is 26.4 Å². The van der Waals surface area contributed by atoms with Gasteiger partial charge >= 0.3 is 0 Å². The molecule has 5 heteroatoms. The fraction of sp³-hybridized carbons (Fsp3) is 0.385. The van der Waals surface area contributed by atoms with Gasteiger partial charge in [-0.2, -0.15) is 5.10 Å². The molecule has 0 aliphatic carbocycles. The molecule has 0 bridgehead atoms. The van der Waals surface area contributed by atoms with Crippen LogP contribution in [0.1, 0.15) is 30.9 Å². The molecular formula is C13H19N3OS. The molecule has 0 radical (unpaired) electrons. The van der Waals surface area contributed by atoms with Crippen LogP contribution in [0.15, 0.2) is 29.4 Å². The number of nitrogens with one attached hydrogen (secondary N) is 1. The smallest absolute Gasteiger partial charge is 0.184 e. The summed E-state index contributed by atoms with van der Waals surface area (Å²) in [5.41, 5.74) is 9.92. The summed E-state index contributed by atoms with van der Waals surface area (Å²) in [5.74, 6) is 0. The van der Waals surface area contributed by atoms with E-state index < -0.39 is 0 Å². The maximum Gasteiger partial charge on any atom is 0.184 e. The fourth-order valence-corrected chi connectivity index (χ4v) is 1.44. The molecule has 0 heterocycles. The van der Waals surface area contributed by atoms with Crippen molar-refractivity contribution >= 4 is 23.5 Å². The Labute approximate surface area is 113 Å². The van der Waals surface area contributed by atoms with Crippen molar-refractivity contribution in [3.63, 3.8) is 0 Å². The van der Waals surface area contributed by atoms with Crippen molar-refractivity contribution in [1.29, 1.82) is 0 Å². The van der Waals surface area contributed by atoms with Crippen LogP contribution in [0.4, 0.5) is 0 Å². The predicted molar refractivity (Wildman–Crippen MR) is 78.5 cm³/mol. The summed E-state index contributed by atoms with van der Waals surface area (Å²) < 4.78 is 5.60. The lowest BCUT2D eigenvalue weighted by molar-refractivity contribution is 0.118. The van der Waals surface area contributed by atoms with E-state index in [0.717, 1.165) is 30.6 Å². The van der Waals surface area contributed by atoms with Crippen LogP contribution in [0, 0.1) is 0 Å². The molecule has 1 rings (SSSR count). The second-order valence-electron chi connectivity index (χ2n) is 3.84. The van der Waals surface area contributed by atoms with Gasteiger partial charge in [0.15, 0.2) is 5.11 Å². The van der Waals surface area contributed by atoms with Gasteiger partial charge in [0.1, 0.15) is 0 Å². The normalized spacial score (nSPS) is 10.7. The van der Waals surface area contributed by atoms with Crippen molar-refractivity contribution in [2.75, 3.05) is 6.61 Å². The molecule has 0 fully saturated rings. The zero-order valence-corrected chi connectivity index (χ0v) is 11.4. The molecule has 18 heavy (non-hydrogen) atoms. The van der Waals surface area contributed by atoms with Crippen LogP contribution >= 0.6 is 12.2 Å². The minimum atomic E-state index is 0.155. The van der Waals surface area contributed by atoms with Crippen molar-refractivity contribution in [3.05, 3.63) is 35.4 Å². The van der Waals surface area contributed by atoms with Gasteiger partial charge in [-0.1, -0.05) is 37.6 Å². The van der Waals surface area contributed by atoms with Crippen LogP contribution in [0.25, 0.3) is 0 Å². The molecule has 4 nitrogen and oxygen atoms in total. The zero-order chi connectivity index (χ0) is 13.2. The number of unbranched alkanes of at least 4 members (excludes halogenated alkanes) is 1. The van der Waals surface area contributed by atoms with E-state index in [1.54, 1.807) is 6.21 Å². The molecule has 0 spiro atoms. The van der Waals surface area contributed by atoms with Gasteiger partial charge in [0.25, 0.3) is 0 Å². The summed E-state index contributed by atoms with van der Waals surface area (Å²) in [4.78, 5) is 0. The Bertz CT molecular complexity index is 407. The molecule has 98 valence electrons. The summed E-state index contributed by atoms with van der Waals surface area (Å²) in [6.07, 6.45) is 3.91. The highest BCUT2D eigenvalue weighted by Gasteiger charge is 1.99. The van der Waals surface area contributed by atoms with Crippen LogP contribution in [-0.2, 0) is 11.3 Å². The van der Waals surface area contributed by atoms with Crippen LogP contribution in [0.3, 0.4) is 0 Å². The van der Waals surface area contributed by atoms with Gasteiger partial charge in [0.2, 0.25) is 0 Å². The molecule has 0 amide bonds. The monoisotopic (exact) mass is 265 g/mol.